The van der Waals surface area contributed by atoms with E-state index in [1.54, 1.807) is 6.07 Å². The molecule has 0 aromatic heterocycles. The summed E-state index contributed by atoms with van der Waals surface area (Å²) in [5.41, 5.74) is 0.616. The van der Waals surface area contributed by atoms with Crippen LogP contribution in [0.1, 0.15) is 36.0 Å². The van der Waals surface area contributed by atoms with E-state index in [2.05, 4.69) is 21.2 Å². The third-order valence-electron chi connectivity index (χ3n) is 3.20. The van der Waals surface area contributed by atoms with Crippen molar-refractivity contribution in [1.29, 1.82) is 0 Å². The van der Waals surface area contributed by atoms with E-state index in [9.17, 15) is 9.59 Å². The van der Waals surface area contributed by atoms with E-state index in [4.69, 9.17) is 9.84 Å². The minimum atomic E-state index is -1.02. The molecule has 1 aromatic carbocycles. The summed E-state index contributed by atoms with van der Waals surface area (Å²) in [5.74, 6) is -1.16. The second-order valence-electron chi connectivity index (χ2n) is 4.72. The summed E-state index contributed by atoms with van der Waals surface area (Å²) in [6.45, 7) is 0.776. The summed E-state index contributed by atoms with van der Waals surface area (Å²) < 4.78 is 6.12. The second kappa shape index (κ2) is 6.85. The third kappa shape index (κ3) is 4.05. The summed E-state index contributed by atoms with van der Waals surface area (Å²) in [5, 5.41) is 11.7. The molecule has 1 aromatic rings. The fourth-order valence-corrected chi connectivity index (χ4v) is 2.48. The lowest BCUT2D eigenvalue weighted by atomic mass is 10.1. The molecule has 20 heavy (non-hydrogen) atoms. The number of halogens is 1. The first-order valence-corrected chi connectivity index (χ1v) is 7.30. The van der Waals surface area contributed by atoms with Gasteiger partial charge in [0, 0.05) is 17.5 Å². The fraction of sp³-hybridized carbons (Fsp3) is 0.429. The third-order valence-corrected chi connectivity index (χ3v) is 3.90. The summed E-state index contributed by atoms with van der Waals surface area (Å²) >= 11 is 3.29. The molecule has 0 saturated carbocycles. The molecule has 5 nitrogen and oxygen atoms in total. The predicted octanol–water partition coefficient (Wildman–Crippen LogP) is 3.05. The molecule has 1 saturated heterocycles. The SMILES string of the molecule is O=C(CCC1CCCO1)Nc1cc(C(=O)O)ccc1Br. The Morgan fingerprint density at radius 2 is 2.25 bits per heavy atom. The predicted molar refractivity (Wildman–Crippen MR) is 77.9 cm³/mol. The van der Waals surface area contributed by atoms with E-state index in [0.29, 0.717) is 23.0 Å². The first kappa shape index (κ1) is 15.0. The number of benzene rings is 1. The van der Waals surface area contributed by atoms with Crippen molar-refractivity contribution in [3.05, 3.63) is 28.2 Å². The Kier molecular flexibility index (Phi) is 5.14. The number of nitrogens with one attached hydrogen (secondary N) is 1. The van der Waals surface area contributed by atoms with E-state index in [1.807, 2.05) is 0 Å². The highest BCUT2D eigenvalue weighted by atomic mass is 79.9. The van der Waals surface area contributed by atoms with Gasteiger partial charge in [-0.05, 0) is 53.4 Å². The maximum atomic E-state index is 11.9. The van der Waals surface area contributed by atoms with E-state index in [-0.39, 0.29) is 17.6 Å². The molecule has 1 aliphatic rings. The average Bonchev–Trinajstić information content (AvgIpc) is 2.92. The molecule has 108 valence electrons. The van der Waals surface area contributed by atoms with Crippen molar-refractivity contribution in [2.24, 2.45) is 0 Å². The van der Waals surface area contributed by atoms with Crippen LogP contribution in [0.5, 0.6) is 0 Å². The molecule has 1 unspecified atom stereocenters. The van der Waals surface area contributed by atoms with Crippen molar-refractivity contribution < 1.29 is 19.4 Å². The molecule has 0 radical (unpaired) electrons. The molecule has 1 aliphatic heterocycles. The summed E-state index contributed by atoms with van der Waals surface area (Å²) in [4.78, 5) is 22.8. The number of carboxylic acids is 1. The molecule has 0 bridgehead atoms. The number of aromatic carboxylic acids is 1. The lowest BCUT2D eigenvalue weighted by Crippen LogP contribution is -2.15. The highest BCUT2D eigenvalue weighted by molar-refractivity contribution is 9.10. The molecule has 6 heteroatoms. The van der Waals surface area contributed by atoms with Gasteiger partial charge in [-0.25, -0.2) is 4.79 Å². The Balaban J connectivity index is 1.92. The van der Waals surface area contributed by atoms with Gasteiger partial charge in [0.05, 0.1) is 17.4 Å². The van der Waals surface area contributed by atoms with Crippen LogP contribution in [0, 0.1) is 0 Å². The number of amides is 1. The Hall–Kier alpha value is -1.40. The fourth-order valence-electron chi connectivity index (χ4n) is 2.13. The standard InChI is InChI=1S/C14H16BrNO4/c15-11-5-3-9(14(18)19)8-12(11)16-13(17)6-4-10-2-1-7-20-10/h3,5,8,10H,1-2,4,6-7H2,(H,16,17)(H,18,19). The number of hydrogen-bond donors (Lipinski definition) is 2. The van der Waals surface area contributed by atoms with Crippen LogP contribution >= 0.6 is 15.9 Å². The number of carbonyl (C=O) groups is 2. The number of ether oxygens (including phenoxy) is 1. The minimum Gasteiger partial charge on any atom is -0.478 e. The first-order chi connectivity index (χ1) is 9.56. The lowest BCUT2D eigenvalue weighted by Gasteiger charge is -2.11. The molecule has 0 spiro atoms. The molecule has 1 amide bonds. The van der Waals surface area contributed by atoms with Gasteiger partial charge in [-0.3, -0.25) is 4.79 Å². The highest BCUT2D eigenvalue weighted by Gasteiger charge is 2.17. The summed E-state index contributed by atoms with van der Waals surface area (Å²) in [6.07, 6.45) is 3.30. The van der Waals surface area contributed by atoms with Crippen molar-refractivity contribution in [1.82, 2.24) is 0 Å². The van der Waals surface area contributed by atoms with Crippen molar-refractivity contribution >= 4 is 33.5 Å². The van der Waals surface area contributed by atoms with Gasteiger partial charge in [-0.15, -0.1) is 0 Å². The van der Waals surface area contributed by atoms with Gasteiger partial charge in [0.25, 0.3) is 0 Å². The van der Waals surface area contributed by atoms with Crippen LogP contribution in [-0.4, -0.2) is 29.7 Å². The van der Waals surface area contributed by atoms with Gasteiger partial charge in [0.15, 0.2) is 0 Å². The molecule has 1 heterocycles. The zero-order chi connectivity index (χ0) is 14.5. The Bertz CT molecular complexity index is 512. The van der Waals surface area contributed by atoms with E-state index in [0.717, 1.165) is 19.4 Å². The van der Waals surface area contributed by atoms with Gasteiger partial charge >= 0.3 is 5.97 Å². The Morgan fingerprint density at radius 3 is 2.90 bits per heavy atom. The highest BCUT2D eigenvalue weighted by Crippen LogP contribution is 2.24. The van der Waals surface area contributed by atoms with E-state index in [1.165, 1.54) is 12.1 Å². The Labute approximate surface area is 125 Å². The number of rotatable bonds is 5. The van der Waals surface area contributed by atoms with Gasteiger partial charge < -0.3 is 15.2 Å². The van der Waals surface area contributed by atoms with E-state index >= 15 is 0 Å². The van der Waals surface area contributed by atoms with Crippen LogP contribution in [0.4, 0.5) is 5.69 Å². The molecule has 2 N–H and O–H groups in total. The molecule has 1 atom stereocenters. The maximum Gasteiger partial charge on any atom is 0.335 e. The summed E-state index contributed by atoms with van der Waals surface area (Å²) in [7, 11) is 0. The van der Waals surface area contributed by atoms with Crippen LogP contribution in [0.15, 0.2) is 22.7 Å². The quantitative estimate of drug-likeness (QED) is 0.862. The maximum absolute atomic E-state index is 11.9. The van der Waals surface area contributed by atoms with Crippen LogP contribution in [0.2, 0.25) is 0 Å². The molecule has 1 fully saturated rings. The average molecular weight is 342 g/mol. The first-order valence-electron chi connectivity index (χ1n) is 6.50. The normalized spacial score (nSPS) is 17.9. The molecule has 2 rings (SSSR count). The number of hydrogen-bond acceptors (Lipinski definition) is 3. The van der Waals surface area contributed by atoms with Crippen molar-refractivity contribution in [3.63, 3.8) is 0 Å². The van der Waals surface area contributed by atoms with Gasteiger partial charge in [-0.2, -0.15) is 0 Å². The van der Waals surface area contributed by atoms with Gasteiger partial charge in [0.1, 0.15) is 0 Å². The number of carbonyl (C=O) groups excluding carboxylic acids is 1. The molecular formula is C14H16BrNO4. The van der Waals surface area contributed by atoms with Gasteiger partial charge in [0.2, 0.25) is 5.91 Å². The van der Waals surface area contributed by atoms with Gasteiger partial charge in [-0.1, -0.05) is 0 Å². The van der Waals surface area contributed by atoms with Crippen molar-refractivity contribution in [3.8, 4) is 0 Å². The lowest BCUT2D eigenvalue weighted by molar-refractivity contribution is -0.116. The zero-order valence-electron chi connectivity index (χ0n) is 10.9. The molecule has 0 aliphatic carbocycles. The topological polar surface area (TPSA) is 75.6 Å². The minimum absolute atomic E-state index is 0.135. The number of carboxylic acid groups (broad SMARTS) is 1. The largest absolute Gasteiger partial charge is 0.478 e. The number of anilines is 1. The Morgan fingerprint density at radius 1 is 1.45 bits per heavy atom. The van der Waals surface area contributed by atoms with Crippen LogP contribution in [-0.2, 0) is 9.53 Å². The molecular weight excluding hydrogens is 326 g/mol. The van der Waals surface area contributed by atoms with Crippen molar-refractivity contribution in [2.45, 2.75) is 31.8 Å². The summed E-state index contributed by atoms with van der Waals surface area (Å²) in [6, 6.07) is 4.53. The van der Waals surface area contributed by atoms with Crippen molar-refractivity contribution in [2.75, 3.05) is 11.9 Å². The zero-order valence-corrected chi connectivity index (χ0v) is 12.5. The smallest absolute Gasteiger partial charge is 0.335 e. The monoisotopic (exact) mass is 341 g/mol. The van der Waals surface area contributed by atoms with Crippen LogP contribution in [0.3, 0.4) is 0 Å². The second-order valence-corrected chi connectivity index (χ2v) is 5.58. The van der Waals surface area contributed by atoms with Crippen LogP contribution in [0.25, 0.3) is 0 Å². The van der Waals surface area contributed by atoms with Crippen LogP contribution < -0.4 is 5.32 Å². The van der Waals surface area contributed by atoms with E-state index < -0.39 is 5.97 Å².